The number of amides is 3. The number of anilines is 2. The van der Waals surface area contributed by atoms with E-state index in [1.807, 2.05) is 24.5 Å². The molecule has 140 valence electrons. The van der Waals surface area contributed by atoms with Gasteiger partial charge in [-0.25, -0.2) is 0 Å². The Hall–Kier alpha value is -2.80. The lowest BCUT2D eigenvalue weighted by atomic mass is 10.2. The summed E-state index contributed by atoms with van der Waals surface area (Å²) < 4.78 is 0. The van der Waals surface area contributed by atoms with Crippen molar-refractivity contribution in [2.45, 2.75) is 17.7 Å². The number of benzene rings is 2. The highest BCUT2D eigenvalue weighted by Gasteiger charge is 2.21. The first-order valence-corrected chi connectivity index (χ1v) is 9.92. The molecule has 0 aliphatic carbocycles. The number of hydrogen-bond acceptors (Lipinski definition) is 4. The average molecular weight is 383 g/mol. The maximum Gasteiger partial charge on any atom is 0.251 e. The zero-order valence-corrected chi connectivity index (χ0v) is 15.8. The summed E-state index contributed by atoms with van der Waals surface area (Å²) >= 11 is 1.59. The van der Waals surface area contributed by atoms with Crippen LogP contribution >= 0.6 is 11.8 Å². The molecule has 27 heavy (non-hydrogen) atoms. The lowest BCUT2D eigenvalue weighted by molar-refractivity contribution is -0.117. The van der Waals surface area contributed by atoms with Crippen LogP contribution in [0.5, 0.6) is 0 Å². The van der Waals surface area contributed by atoms with Crippen molar-refractivity contribution >= 4 is 40.9 Å². The van der Waals surface area contributed by atoms with Crippen molar-refractivity contribution in [3.63, 3.8) is 0 Å². The van der Waals surface area contributed by atoms with E-state index < -0.39 is 0 Å². The first-order chi connectivity index (χ1) is 13.1. The van der Waals surface area contributed by atoms with Crippen LogP contribution in [0.25, 0.3) is 0 Å². The number of thioether (sulfide) groups is 1. The predicted molar refractivity (Wildman–Crippen MR) is 107 cm³/mol. The molecule has 0 radical (unpaired) electrons. The Morgan fingerprint density at radius 3 is 2.59 bits per heavy atom. The molecule has 0 bridgehead atoms. The van der Waals surface area contributed by atoms with Gasteiger partial charge in [0.2, 0.25) is 11.8 Å². The van der Waals surface area contributed by atoms with Crippen LogP contribution in [0.15, 0.2) is 53.4 Å². The molecule has 1 saturated heterocycles. The minimum Gasteiger partial charge on any atom is -0.343 e. The monoisotopic (exact) mass is 383 g/mol. The highest BCUT2D eigenvalue weighted by molar-refractivity contribution is 7.98. The molecule has 0 spiro atoms. The van der Waals surface area contributed by atoms with Gasteiger partial charge in [0.15, 0.2) is 0 Å². The van der Waals surface area contributed by atoms with Crippen molar-refractivity contribution < 1.29 is 14.4 Å². The van der Waals surface area contributed by atoms with E-state index >= 15 is 0 Å². The first-order valence-electron chi connectivity index (χ1n) is 8.69. The van der Waals surface area contributed by atoms with Crippen LogP contribution in [0.2, 0.25) is 0 Å². The standard InChI is InChI=1S/C20H21N3O3S/c1-27-17-5-2-4-15(12-17)22-18(24)13-21-20(26)14-7-9-16(10-8-14)23-11-3-6-19(23)25/h2,4-5,7-10,12H,3,6,11,13H2,1H3,(H,21,26)(H,22,24). The number of rotatable bonds is 6. The van der Waals surface area contributed by atoms with Gasteiger partial charge < -0.3 is 15.5 Å². The smallest absolute Gasteiger partial charge is 0.251 e. The summed E-state index contributed by atoms with van der Waals surface area (Å²) in [5, 5.41) is 5.37. The second-order valence-electron chi connectivity index (χ2n) is 6.16. The zero-order valence-electron chi connectivity index (χ0n) is 15.0. The van der Waals surface area contributed by atoms with Gasteiger partial charge in [-0.15, -0.1) is 11.8 Å². The van der Waals surface area contributed by atoms with Gasteiger partial charge in [0.1, 0.15) is 0 Å². The number of nitrogens with one attached hydrogen (secondary N) is 2. The van der Waals surface area contributed by atoms with Crippen LogP contribution in [-0.2, 0) is 9.59 Å². The molecule has 2 aromatic carbocycles. The molecule has 2 N–H and O–H groups in total. The van der Waals surface area contributed by atoms with Gasteiger partial charge >= 0.3 is 0 Å². The molecule has 2 aromatic rings. The van der Waals surface area contributed by atoms with Gasteiger partial charge in [-0.3, -0.25) is 14.4 Å². The number of nitrogens with zero attached hydrogens (tertiary/aromatic N) is 1. The van der Waals surface area contributed by atoms with E-state index in [4.69, 9.17) is 0 Å². The SMILES string of the molecule is CSc1cccc(NC(=O)CNC(=O)c2ccc(N3CCCC3=O)cc2)c1. The normalized spacial score (nSPS) is 13.5. The second-order valence-corrected chi connectivity index (χ2v) is 7.04. The lowest BCUT2D eigenvalue weighted by Gasteiger charge is -2.15. The van der Waals surface area contributed by atoms with Crippen molar-refractivity contribution in [1.82, 2.24) is 5.32 Å². The number of hydrogen-bond donors (Lipinski definition) is 2. The summed E-state index contributed by atoms with van der Waals surface area (Å²) in [5.41, 5.74) is 1.93. The molecule has 0 unspecified atom stereocenters. The van der Waals surface area contributed by atoms with Gasteiger partial charge in [0.05, 0.1) is 6.54 Å². The van der Waals surface area contributed by atoms with Gasteiger partial charge in [-0.2, -0.15) is 0 Å². The number of carbonyl (C=O) groups is 3. The van der Waals surface area contributed by atoms with Crippen molar-refractivity contribution in [2.75, 3.05) is 29.6 Å². The largest absolute Gasteiger partial charge is 0.343 e. The molecule has 6 nitrogen and oxygen atoms in total. The lowest BCUT2D eigenvalue weighted by Crippen LogP contribution is -2.32. The molecule has 3 amide bonds. The Kier molecular flexibility index (Phi) is 6.13. The quantitative estimate of drug-likeness (QED) is 0.752. The van der Waals surface area contributed by atoms with E-state index in [-0.39, 0.29) is 24.3 Å². The van der Waals surface area contributed by atoms with Crippen molar-refractivity contribution in [3.05, 3.63) is 54.1 Å². The van der Waals surface area contributed by atoms with Crippen molar-refractivity contribution in [1.29, 1.82) is 0 Å². The zero-order chi connectivity index (χ0) is 19.2. The Bertz CT molecular complexity index is 852. The summed E-state index contributed by atoms with van der Waals surface area (Å²) in [4.78, 5) is 38.8. The fourth-order valence-electron chi connectivity index (χ4n) is 2.88. The minimum atomic E-state index is -0.331. The highest BCUT2D eigenvalue weighted by atomic mass is 32.2. The minimum absolute atomic E-state index is 0.106. The van der Waals surface area contributed by atoms with E-state index in [0.717, 1.165) is 17.0 Å². The summed E-state index contributed by atoms with van der Waals surface area (Å²) in [6.07, 6.45) is 3.39. The van der Waals surface area contributed by atoms with Crippen LogP contribution in [0.1, 0.15) is 23.2 Å². The van der Waals surface area contributed by atoms with Gasteiger partial charge in [0, 0.05) is 34.8 Å². The average Bonchev–Trinajstić information content (AvgIpc) is 3.12. The van der Waals surface area contributed by atoms with Gasteiger partial charge in [-0.05, 0) is 55.1 Å². The molecule has 0 atom stereocenters. The molecule has 1 aliphatic heterocycles. The Morgan fingerprint density at radius 2 is 1.93 bits per heavy atom. The summed E-state index contributed by atoms with van der Waals surface area (Å²) in [6, 6.07) is 14.3. The second kappa shape index (κ2) is 8.73. The molecule has 1 heterocycles. The molecule has 1 fully saturated rings. The summed E-state index contributed by atoms with van der Waals surface area (Å²) in [5.74, 6) is -0.516. The Labute approximate surface area is 162 Å². The molecular weight excluding hydrogens is 362 g/mol. The fraction of sp³-hybridized carbons (Fsp3) is 0.250. The third-order valence-corrected chi connectivity index (χ3v) is 5.00. The molecule has 0 saturated carbocycles. The molecular formula is C20H21N3O3S. The van der Waals surface area contributed by atoms with E-state index in [1.165, 1.54) is 0 Å². The molecule has 7 heteroatoms. The van der Waals surface area contributed by atoms with Crippen LogP contribution in [0, 0.1) is 0 Å². The molecule has 3 rings (SSSR count). The highest BCUT2D eigenvalue weighted by Crippen LogP contribution is 2.21. The maximum atomic E-state index is 12.2. The van der Waals surface area contributed by atoms with Gasteiger partial charge in [0.25, 0.3) is 5.91 Å². The predicted octanol–water partition coefficient (Wildman–Crippen LogP) is 2.90. The molecule has 1 aliphatic rings. The van der Waals surface area contributed by atoms with E-state index in [9.17, 15) is 14.4 Å². The third-order valence-electron chi connectivity index (χ3n) is 4.28. The summed E-state index contributed by atoms with van der Waals surface area (Å²) in [6.45, 7) is 0.594. The fourth-order valence-corrected chi connectivity index (χ4v) is 3.34. The van der Waals surface area contributed by atoms with Crippen LogP contribution in [0.3, 0.4) is 0 Å². The van der Waals surface area contributed by atoms with E-state index in [2.05, 4.69) is 10.6 Å². The first kappa shape index (κ1) is 19.0. The van der Waals surface area contributed by atoms with Crippen LogP contribution in [-0.4, -0.2) is 37.1 Å². The third kappa shape index (κ3) is 4.89. The molecule has 0 aromatic heterocycles. The van der Waals surface area contributed by atoms with Crippen LogP contribution in [0.4, 0.5) is 11.4 Å². The number of carbonyl (C=O) groups excluding carboxylic acids is 3. The topological polar surface area (TPSA) is 78.5 Å². The maximum absolute atomic E-state index is 12.2. The van der Waals surface area contributed by atoms with E-state index in [0.29, 0.717) is 24.2 Å². The van der Waals surface area contributed by atoms with Crippen molar-refractivity contribution in [3.8, 4) is 0 Å². The van der Waals surface area contributed by atoms with Crippen LogP contribution < -0.4 is 15.5 Å². The van der Waals surface area contributed by atoms with Gasteiger partial charge in [-0.1, -0.05) is 6.07 Å². The van der Waals surface area contributed by atoms with E-state index in [1.54, 1.807) is 47.0 Å². The Morgan fingerprint density at radius 1 is 1.15 bits per heavy atom. The Balaban J connectivity index is 1.52. The summed E-state index contributed by atoms with van der Waals surface area (Å²) in [7, 11) is 0. The van der Waals surface area contributed by atoms with Crippen molar-refractivity contribution in [2.24, 2.45) is 0 Å².